The lowest BCUT2D eigenvalue weighted by atomic mass is 9.97. The smallest absolute Gasteiger partial charge is 0.243 e. The van der Waals surface area contributed by atoms with Gasteiger partial charge < -0.3 is 4.74 Å². The Labute approximate surface area is 216 Å². The van der Waals surface area contributed by atoms with Crippen LogP contribution in [0.25, 0.3) is 32.6 Å². The van der Waals surface area contributed by atoms with Crippen LogP contribution in [0.15, 0.2) is 59.5 Å². The van der Waals surface area contributed by atoms with Gasteiger partial charge in [0.05, 0.1) is 23.8 Å². The molecule has 182 valence electrons. The highest BCUT2D eigenvalue weighted by molar-refractivity contribution is 7.89. The standard InChI is InChI=1S/C27H26N2O3S2.ClH/c1-18-5-7-19(8-6-18)23-17-24(28-27-26(23)22-3-2-4-25(22)33-27)20-9-11-21(12-10-20)34(30,31)29-13-15-32-16-14-29;/h5-12,17H,2-4,13-16H2,1H3;1H. The van der Waals surface area contributed by atoms with Crippen molar-refractivity contribution in [2.45, 2.75) is 31.1 Å². The second kappa shape index (κ2) is 9.64. The van der Waals surface area contributed by atoms with Gasteiger partial charge >= 0.3 is 0 Å². The van der Waals surface area contributed by atoms with Crippen LogP contribution in [0.4, 0.5) is 0 Å². The molecule has 1 fully saturated rings. The normalized spacial score (nSPS) is 16.3. The fourth-order valence-corrected chi connectivity index (χ4v) is 7.63. The third-order valence-corrected chi connectivity index (χ3v) is 9.89. The van der Waals surface area contributed by atoms with Crippen LogP contribution in [-0.2, 0) is 27.6 Å². The highest BCUT2D eigenvalue weighted by Gasteiger charge is 2.26. The van der Waals surface area contributed by atoms with Gasteiger partial charge in [-0.05, 0) is 61.1 Å². The van der Waals surface area contributed by atoms with Gasteiger partial charge in [-0.3, -0.25) is 0 Å². The lowest BCUT2D eigenvalue weighted by molar-refractivity contribution is 0.0730. The van der Waals surface area contributed by atoms with Crippen molar-refractivity contribution in [1.29, 1.82) is 0 Å². The Morgan fingerprint density at radius 2 is 1.63 bits per heavy atom. The Morgan fingerprint density at radius 3 is 2.34 bits per heavy atom. The molecule has 0 N–H and O–H groups in total. The van der Waals surface area contributed by atoms with E-state index in [-0.39, 0.29) is 12.4 Å². The lowest BCUT2D eigenvalue weighted by Crippen LogP contribution is -2.40. The minimum Gasteiger partial charge on any atom is -0.379 e. The van der Waals surface area contributed by atoms with Crippen molar-refractivity contribution >= 4 is 44.0 Å². The van der Waals surface area contributed by atoms with Crippen LogP contribution in [-0.4, -0.2) is 44.0 Å². The fraction of sp³-hybridized carbons (Fsp3) is 0.296. The maximum absolute atomic E-state index is 13.0. The van der Waals surface area contributed by atoms with Gasteiger partial charge in [-0.1, -0.05) is 42.0 Å². The SMILES string of the molecule is Cc1ccc(-c2cc(-c3ccc(S(=O)(=O)N4CCOCC4)cc3)nc3sc4c(c23)CCC4)cc1.Cl. The molecule has 4 aromatic rings. The van der Waals surface area contributed by atoms with Crippen LogP contribution < -0.4 is 0 Å². The summed E-state index contributed by atoms with van der Waals surface area (Å²) < 4.78 is 32.8. The van der Waals surface area contributed by atoms with E-state index in [1.165, 1.54) is 43.2 Å². The molecular weight excluding hydrogens is 500 g/mol. The highest BCUT2D eigenvalue weighted by atomic mass is 35.5. The number of hydrogen-bond acceptors (Lipinski definition) is 5. The van der Waals surface area contributed by atoms with Gasteiger partial charge in [0.25, 0.3) is 0 Å². The van der Waals surface area contributed by atoms with Crippen LogP contribution in [0.2, 0.25) is 0 Å². The largest absolute Gasteiger partial charge is 0.379 e. The molecule has 0 saturated carbocycles. The predicted molar refractivity (Wildman–Crippen MR) is 144 cm³/mol. The molecule has 6 rings (SSSR count). The van der Waals surface area contributed by atoms with Gasteiger partial charge in [-0.2, -0.15) is 4.31 Å². The van der Waals surface area contributed by atoms with Gasteiger partial charge in [-0.25, -0.2) is 13.4 Å². The molecular formula is C27H27ClN2O3S2. The molecule has 3 heterocycles. The minimum atomic E-state index is -3.51. The monoisotopic (exact) mass is 526 g/mol. The number of thiophene rings is 1. The molecule has 0 radical (unpaired) electrons. The Balaban J connectivity index is 0.00000253. The van der Waals surface area contributed by atoms with E-state index in [1.807, 2.05) is 23.5 Å². The van der Waals surface area contributed by atoms with Crippen molar-refractivity contribution in [1.82, 2.24) is 9.29 Å². The second-order valence-electron chi connectivity index (χ2n) is 9.00. The third-order valence-electron chi connectivity index (χ3n) is 6.80. The van der Waals surface area contributed by atoms with Crippen molar-refractivity contribution < 1.29 is 13.2 Å². The van der Waals surface area contributed by atoms with E-state index in [1.54, 1.807) is 12.1 Å². The van der Waals surface area contributed by atoms with Crippen LogP contribution in [0.5, 0.6) is 0 Å². The van der Waals surface area contributed by atoms with E-state index in [9.17, 15) is 8.42 Å². The van der Waals surface area contributed by atoms with Crippen LogP contribution in [0, 0.1) is 6.92 Å². The molecule has 0 amide bonds. The first kappa shape index (κ1) is 24.4. The van der Waals surface area contributed by atoms with Crippen LogP contribution >= 0.6 is 23.7 Å². The zero-order valence-electron chi connectivity index (χ0n) is 19.5. The average molecular weight is 527 g/mol. The number of hydrogen-bond donors (Lipinski definition) is 0. The third kappa shape index (κ3) is 4.41. The minimum absolute atomic E-state index is 0. The summed E-state index contributed by atoms with van der Waals surface area (Å²) in [5, 5.41) is 1.29. The van der Waals surface area contributed by atoms with Gasteiger partial charge in [-0.15, -0.1) is 23.7 Å². The number of aryl methyl sites for hydroxylation is 3. The van der Waals surface area contributed by atoms with Crippen molar-refractivity contribution in [2.75, 3.05) is 26.3 Å². The van der Waals surface area contributed by atoms with Crippen molar-refractivity contribution in [2.24, 2.45) is 0 Å². The van der Waals surface area contributed by atoms with E-state index in [0.717, 1.165) is 28.9 Å². The average Bonchev–Trinajstić information content (AvgIpc) is 3.46. The first-order valence-corrected chi connectivity index (χ1v) is 14.0. The van der Waals surface area contributed by atoms with Gasteiger partial charge in [0.15, 0.2) is 0 Å². The fourth-order valence-electron chi connectivity index (χ4n) is 4.94. The molecule has 8 heteroatoms. The molecule has 5 nitrogen and oxygen atoms in total. The molecule has 35 heavy (non-hydrogen) atoms. The van der Waals surface area contributed by atoms with E-state index in [0.29, 0.717) is 31.2 Å². The number of ether oxygens (including phenoxy) is 1. The van der Waals surface area contributed by atoms with Crippen molar-refractivity contribution in [3.05, 3.63) is 70.6 Å². The summed E-state index contributed by atoms with van der Waals surface area (Å²) in [4.78, 5) is 7.88. The number of nitrogens with zero attached hydrogens (tertiary/aromatic N) is 2. The van der Waals surface area contributed by atoms with Crippen molar-refractivity contribution in [3.63, 3.8) is 0 Å². The number of fused-ring (bicyclic) bond motifs is 3. The first-order chi connectivity index (χ1) is 16.5. The molecule has 1 aliphatic heterocycles. The summed E-state index contributed by atoms with van der Waals surface area (Å²) in [5.74, 6) is 0. The molecule has 2 aliphatic rings. The second-order valence-corrected chi connectivity index (χ2v) is 12.0. The summed E-state index contributed by atoms with van der Waals surface area (Å²) in [6.45, 7) is 3.77. The van der Waals surface area contributed by atoms with E-state index in [2.05, 4.69) is 37.3 Å². The number of halogens is 1. The zero-order chi connectivity index (χ0) is 23.3. The Bertz CT molecular complexity index is 1470. The van der Waals surface area contributed by atoms with E-state index in [4.69, 9.17) is 9.72 Å². The summed E-state index contributed by atoms with van der Waals surface area (Å²) in [6, 6.07) is 18.0. The number of rotatable bonds is 4. The number of pyridine rings is 1. The Kier molecular flexibility index (Phi) is 6.72. The number of benzene rings is 2. The van der Waals surface area contributed by atoms with Crippen LogP contribution in [0.1, 0.15) is 22.4 Å². The molecule has 2 aromatic heterocycles. The summed E-state index contributed by atoms with van der Waals surface area (Å²) in [5.41, 5.74) is 6.90. The predicted octanol–water partition coefficient (Wildman–Crippen LogP) is 5.87. The summed E-state index contributed by atoms with van der Waals surface area (Å²) >= 11 is 1.81. The quantitative estimate of drug-likeness (QED) is 0.333. The maximum atomic E-state index is 13.0. The molecule has 0 spiro atoms. The lowest BCUT2D eigenvalue weighted by Gasteiger charge is -2.26. The van der Waals surface area contributed by atoms with E-state index < -0.39 is 10.0 Å². The topological polar surface area (TPSA) is 59.5 Å². The summed E-state index contributed by atoms with van der Waals surface area (Å²) in [6.07, 6.45) is 3.46. The van der Waals surface area contributed by atoms with Crippen molar-refractivity contribution in [3.8, 4) is 22.4 Å². The van der Waals surface area contributed by atoms with E-state index >= 15 is 0 Å². The number of aromatic nitrogens is 1. The molecule has 1 saturated heterocycles. The molecule has 0 bridgehead atoms. The summed E-state index contributed by atoms with van der Waals surface area (Å²) in [7, 11) is -3.51. The van der Waals surface area contributed by atoms with Gasteiger partial charge in [0.1, 0.15) is 4.83 Å². The van der Waals surface area contributed by atoms with Gasteiger partial charge in [0, 0.05) is 28.9 Å². The molecule has 0 unspecified atom stereocenters. The van der Waals surface area contributed by atoms with Gasteiger partial charge in [0.2, 0.25) is 10.0 Å². The zero-order valence-corrected chi connectivity index (χ0v) is 21.9. The molecule has 0 atom stereocenters. The number of sulfonamides is 1. The Morgan fingerprint density at radius 1 is 0.943 bits per heavy atom. The number of morpholine rings is 1. The molecule has 2 aromatic carbocycles. The maximum Gasteiger partial charge on any atom is 0.243 e. The van der Waals surface area contributed by atoms with Crippen LogP contribution in [0.3, 0.4) is 0 Å². The first-order valence-electron chi connectivity index (χ1n) is 11.7. The highest BCUT2D eigenvalue weighted by Crippen LogP contribution is 2.43. The Hall–Kier alpha value is -2.29. The molecule has 1 aliphatic carbocycles.